The van der Waals surface area contributed by atoms with E-state index in [-0.39, 0.29) is 5.97 Å². The highest BCUT2D eigenvalue weighted by atomic mass is 32.1. The van der Waals surface area contributed by atoms with Gasteiger partial charge in [-0.25, -0.2) is 4.79 Å². The van der Waals surface area contributed by atoms with Crippen molar-refractivity contribution in [3.8, 4) is 21.6 Å². The summed E-state index contributed by atoms with van der Waals surface area (Å²) >= 11 is 1.49. The van der Waals surface area contributed by atoms with E-state index >= 15 is 0 Å². The van der Waals surface area contributed by atoms with Gasteiger partial charge in [-0.15, -0.1) is 11.3 Å². The van der Waals surface area contributed by atoms with Gasteiger partial charge in [-0.3, -0.25) is 4.98 Å². The number of benzene rings is 1. The Morgan fingerprint density at radius 3 is 2.71 bits per heavy atom. The number of thiophene rings is 1. The van der Waals surface area contributed by atoms with Crippen LogP contribution < -0.4 is 0 Å². The normalized spacial score (nSPS) is 14.2. The standard InChI is InChI=1S/C24H23NO2S/c1-27-24(26)23-20(15-22(28-23)18-11-7-4-8-12-18)19-13-14-25-16-21(19)17-9-5-2-3-6-10-17/h4,7-9,11-16H,2-3,5-6,10H2,1H3. The molecule has 1 aromatic carbocycles. The monoisotopic (exact) mass is 389 g/mol. The third kappa shape index (κ3) is 3.78. The van der Waals surface area contributed by atoms with Crippen LogP contribution in [0.15, 0.2) is 60.9 Å². The lowest BCUT2D eigenvalue weighted by Crippen LogP contribution is -2.01. The van der Waals surface area contributed by atoms with Crippen molar-refractivity contribution in [1.29, 1.82) is 0 Å². The van der Waals surface area contributed by atoms with Crippen molar-refractivity contribution in [2.45, 2.75) is 32.1 Å². The first kappa shape index (κ1) is 18.6. The summed E-state index contributed by atoms with van der Waals surface area (Å²) < 4.78 is 5.09. The molecule has 0 unspecified atom stereocenters. The molecule has 3 aromatic rings. The third-order valence-electron chi connectivity index (χ3n) is 5.16. The van der Waals surface area contributed by atoms with E-state index in [0.29, 0.717) is 4.88 Å². The number of hydrogen-bond acceptors (Lipinski definition) is 4. The van der Waals surface area contributed by atoms with Crippen LogP contribution in [-0.2, 0) is 4.74 Å². The van der Waals surface area contributed by atoms with Crippen molar-refractivity contribution in [3.63, 3.8) is 0 Å². The number of aromatic nitrogens is 1. The van der Waals surface area contributed by atoms with Crippen molar-refractivity contribution >= 4 is 22.9 Å². The topological polar surface area (TPSA) is 39.2 Å². The second kappa shape index (κ2) is 8.53. The second-order valence-electron chi connectivity index (χ2n) is 6.96. The molecule has 2 aromatic heterocycles. The number of carbonyl (C=O) groups excluding carboxylic acids is 1. The number of nitrogens with zero attached hydrogens (tertiary/aromatic N) is 1. The fraction of sp³-hybridized carbons (Fsp3) is 0.250. The zero-order chi connectivity index (χ0) is 19.3. The van der Waals surface area contributed by atoms with Crippen LogP contribution in [0.3, 0.4) is 0 Å². The number of hydrogen-bond donors (Lipinski definition) is 0. The van der Waals surface area contributed by atoms with Crippen molar-refractivity contribution in [1.82, 2.24) is 4.98 Å². The first-order valence-electron chi connectivity index (χ1n) is 9.69. The van der Waals surface area contributed by atoms with Gasteiger partial charge in [-0.05, 0) is 54.5 Å². The fourth-order valence-corrected chi connectivity index (χ4v) is 4.82. The largest absolute Gasteiger partial charge is 0.465 e. The van der Waals surface area contributed by atoms with Crippen molar-refractivity contribution < 1.29 is 9.53 Å². The molecular weight excluding hydrogens is 366 g/mol. The van der Waals surface area contributed by atoms with Crippen LogP contribution in [0.2, 0.25) is 0 Å². The van der Waals surface area contributed by atoms with Crippen LogP contribution >= 0.6 is 11.3 Å². The average Bonchev–Trinajstić information content (AvgIpc) is 3.02. The Labute approximate surface area is 169 Å². The quantitative estimate of drug-likeness (QED) is 0.471. The van der Waals surface area contributed by atoms with Gasteiger partial charge in [0.05, 0.1) is 7.11 Å². The highest BCUT2D eigenvalue weighted by molar-refractivity contribution is 7.17. The molecule has 28 heavy (non-hydrogen) atoms. The fourth-order valence-electron chi connectivity index (χ4n) is 3.72. The van der Waals surface area contributed by atoms with Crippen molar-refractivity contribution in [2.75, 3.05) is 7.11 Å². The molecule has 0 saturated heterocycles. The van der Waals surface area contributed by atoms with Gasteiger partial charge < -0.3 is 4.74 Å². The Hall–Kier alpha value is -2.72. The van der Waals surface area contributed by atoms with Gasteiger partial charge in [0, 0.05) is 28.4 Å². The van der Waals surface area contributed by atoms with Gasteiger partial charge in [0.15, 0.2) is 0 Å². The number of carbonyl (C=O) groups is 1. The number of esters is 1. The van der Waals surface area contributed by atoms with Crippen LogP contribution in [-0.4, -0.2) is 18.1 Å². The highest BCUT2D eigenvalue weighted by Gasteiger charge is 2.22. The zero-order valence-electron chi connectivity index (χ0n) is 16.0. The molecule has 0 amide bonds. The van der Waals surface area contributed by atoms with E-state index in [9.17, 15) is 4.79 Å². The molecule has 4 heteroatoms. The van der Waals surface area contributed by atoms with Crippen molar-refractivity contribution in [3.05, 3.63) is 71.4 Å². The Kier molecular flexibility index (Phi) is 5.68. The Balaban J connectivity index is 1.86. The lowest BCUT2D eigenvalue weighted by molar-refractivity contribution is 0.0607. The maximum atomic E-state index is 12.6. The molecule has 4 rings (SSSR count). The predicted molar refractivity (Wildman–Crippen MR) is 115 cm³/mol. The molecule has 3 nitrogen and oxygen atoms in total. The van der Waals surface area contributed by atoms with Crippen LogP contribution in [0, 0.1) is 0 Å². The van der Waals surface area contributed by atoms with Gasteiger partial charge in [0.25, 0.3) is 0 Å². The summed E-state index contributed by atoms with van der Waals surface area (Å²) in [6.07, 6.45) is 11.9. The Bertz CT molecular complexity index is 1000. The molecule has 0 N–H and O–H groups in total. The zero-order valence-corrected chi connectivity index (χ0v) is 16.8. The molecular formula is C24H23NO2S. The van der Waals surface area contributed by atoms with Gasteiger partial charge in [-0.1, -0.05) is 42.8 Å². The van der Waals surface area contributed by atoms with Crippen LogP contribution in [0.4, 0.5) is 0 Å². The first-order chi connectivity index (χ1) is 13.8. The summed E-state index contributed by atoms with van der Waals surface area (Å²) in [4.78, 5) is 18.6. The predicted octanol–water partition coefficient (Wildman–Crippen LogP) is 6.61. The van der Waals surface area contributed by atoms with E-state index in [4.69, 9.17) is 4.74 Å². The van der Waals surface area contributed by atoms with Crippen molar-refractivity contribution in [2.24, 2.45) is 0 Å². The van der Waals surface area contributed by atoms with E-state index in [0.717, 1.165) is 40.0 Å². The lowest BCUT2D eigenvalue weighted by Gasteiger charge is -2.12. The molecule has 0 radical (unpaired) electrons. The maximum absolute atomic E-state index is 12.6. The molecule has 2 heterocycles. The van der Waals surface area contributed by atoms with Crippen LogP contribution in [0.1, 0.15) is 47.3 Å². The van der Waals surface area contributed by atoms with E-state index in [1.165, 1.54) is 43.3 Å². The molecule has 0 bridgehead atoms. The number of methoxy groups -OCH3 is 1. The lowest BCUT2D eigenvalue weighted by atomic mass is 9.93. The summed E-state index contributed by atoms with van der Waals surface area (Å²) in [5.74, 6) is -0.292. The SMILES string of the molecule is COC(=O)c1sc(-c2ccccc2)cc1-c1ccncc1C1=CCCCCC1. The third-order valence-corrected chi connectivity index (χ3v) is 6.32. The molecule has 0 saturated carbocycles. The number of rotatable bonds is 4. The first-order valence-corrected chi connectivity index (χ1v) is 10.5. The Morgan fingerprint density at radius 1 is 1.04 bits per heavy atom. The number of allylic oxidation sites excluding steroid dienone is 2. The van der Waals surface area contributed by atoms with Gasteiger partial charge in [0.1, 0.15) is 4.88 Å². The molecule has 0 fully saturated rings. The summed E-state index contributed by atoms with van der Waals surface area (Å²) in [5.41, 5.74) is 5.56. The maximum Gasteiger partial charge on any atom is 0.348 e. The summed E-state index contributed by atoms with van der Waals surface area (Å²) in [6, 6.07) is 14.3. The summed E-state index contributed by atoms with van der Waals surface area (Å²) in [7, 11) is 1.44. The molecule has 0 aliphatic heterocycles. The van der Waals surface area contributed by atoms with Crippen LogP contribution in [0.25, 0.3) is 27.1 Å². The minimum absolute atomic E-state index is 0.292. The molecule has 1 aliphatic rings. The number of ether oxygens (including phenoxy) is 1. The molecule has 1 aliphatic carbocycles. The summed E-state index contributed by atoms with van der Waals surface area (Å²) in [5, 5.41) is 0. The van der Waals surface area contributed by atoms with E-state index in [1.807, 2.05) is 30.5 Å². The second-order valence-corrected chi connectivity index (χ2v) is 8.01. The average molecular weight is 390 g/mol. The minimum atomic E-state index is -0.292. The highest BCUT2D eigenvalue weighted by Crippen LogP contribution is 2.41. The van der Waals surface area contributed by atoms with Gasteiger partial charge in [0.2, 0.25) is 0 Å². The van der Waals surface area contributed by atoms with E-state index in [1.54, 1.807) is 6.20 Å². The minimum Gasteiger partial charge on any atom is -0.465 e. The Morgan fingerprint density at radius 2 is 1.89 bits per heavy atom. The number of pyridine rings is 1. The smallest absolute Gasteiger partial charge is 0.348 e. The summed E-state index contributed by atoms with van der Waals surface area (Å²) in [6.45, 7) is 0. The van der Waals surface area contributed by atoms with Gasteiger partial charge >= 0.3 is 5.97 Å². The molecule has 0 atom stereocenters. The van der Waals surface area contributed by atoms with Gasteiger partial charge in [-0.2, -0.15) is 0 Å². The molecule has 142 valence electrons. The van der Waals surface area contributed by atoms with E-state index < -0.39 is 0 Å². The molecule has 0 spiro atoms. The van der Waals surface area contributed by atoms with E-state index in [2.05, 4.69) is 29.3 Å². The van der Waals surface area contributed by atoms with Crippen LogP contribution in [0.5, 0.6) is 0 Å².